The fourth-order valence-electron chi connectivity index (χ4n) is 0.777. The molecule has 0 aliphatic carbocycles. The SMILES string of the molecule is Cc1ccc(N=C=O)c(S)c1. The number of benzene rings is 1. The Morgan fingerprint density at radius 2 is 2.27 bits per heavy atom. The number of rotatable bonds is 1. The first kappa shape index (κ1) is 8.05. The summed E-state index contributed by atoms with van der Waals surface area (Å²) in [5, 5.41) is 0. The molecule has 0 amide bonds. The summed E-state index contributed by atoms with van der Waals surface area (Å²) in [4.78, 5) is 14.1. The maximum absolute atomic E-state index is 9.89. The van der Waals surface area contributed by atoms with Crippen molar-refractivity contribution in [1.29, 1.82) is 0 Å². The van der Waals surface area contributed by atoms with E-state index in [1.807, 2.05) is 19.1 Å². The summed E-state index contributed by atoms with van der Waals surface area (Å²) in [5.41, 5.74) is 1.66. The average molecular weight is 165 g/mol. The molecule has 0 saturated carbocycles. The van der Waals surface area contributed by atoms with E-state index in [0.717, 1.165) is 5.56 Å². The average Bonchev–Trinajstić information content (AvgIpc) is 1.95. The van der Waals surface area contributed by atoms with E-state index in [4.69, 9.17) is 0 Å². The molecule has 0 N–H and O–H groups in total. The molecule has 56 valence electrons. The van der Waals surface area contributed by atoms with Gasteiger partial charge in [0.2, 0.25) is 6.08 Å². The Kier molecular flexibility index (Phi) is 2.47. The molecule has 0 unspecified atom stereocenters. The van der Waals surface area contributed by atoms with Gasteiger partial charge in [-0.25, -0.2) is 4.79 Å². The van der Waals surface area contributed by atoms with Crippen LogP contribution in [0.2, 0.25) is 0 Å². The number of aryl methyl sites for hydroxylation is 1. The lowest BCUT2D eigenvalue weighted by Gasteiger charge is -1.96. The largest absolute Gasteiger partial charge is 0.240 e. The number of hydrogen-bond donors (Lipinski definition) is 1. The van der Waals surface area contributed by atoms with Gasteiger partial charge in [0.1, 0.15) is 0 Å². The number of carbonyl (C=O) groups excluding carboxylic acids is 1. The van der Waals surface area contributed by atoms with E-state index in [0.29, 0.717) is 10.6 Å². The third-order valence-corrected chi connectivity index (χ3v) is 1.66. The van der Waals surface area contributed by atoms with Crippen LogP contribution in [0, 0.1) is 6.92 Å². The van der Waals surface area contributed by atoms with Crippen molar-refractivity contribution in [1.82, 2.24) is 0 Å². The molecule has 1 aromatic rings. The zero-order valence-electron chi connectivity index (χ0n) is 6.03. The molecule has 2 nitrogen and oxygen atoms in total. The number of isocyanates is 1. The molecule has 0 aliphatic heterocycles. The minimum atomic E-state index is 0.564. The first-order chi connectivity index (χ1) is 5.24. The van der Waals surface area contributed by atoms with Crippen molar-refractivity contribution >= 4 is 24.4 Å². The number of aliphatic imine (C=N–C) groups is 1. The standard InChI is InChI=1S/C8H7NOS/c1-6-2-3-7(9-5-10)8(11)4-6/h2-4,11H,1H3. The Labute approximate surface area is 70.4 Å². The molecule has 0 heterocycles. The monoisotopic (exact) mass is 165 g/mol. The highest BCUT2D eigenvalue weighted by Gasteiger charge is 1.95. The molecule has 3 heteroatoms. The molecule has 11 heavy (non-hydrogen) atoms. The first-order valence-corrected chi connectivity index (χ1v) is 3.56. The van der Waals surface area contributed by atoms with Gasteiger partial charge in [0, 0.05) is 4.90 Å². The highest BCUT2D eigenvalue weighted by Crippen LogP contribution is 2.22. The fourth-order valence-corrected chi connectivity index (χ4v) is 1.11. The van der Waals surface area contributed by atoms with Crippen LogP contribution < -0.4 is 0 Å². The van der Waals surface area contributed by atoms with Crippen LogP contribution in [0.25, 0.3) is 0 Å². The molecule has 0 bridgehead atoms. The van der Waals surface area contributed by atoms with Crippen LogP contribution in [0.15, 0.2) is 28.1 Å². The van der Waals surface area contributed by atoms with Crippen LogP contribution in [0.4, 0.5) is 5.69 Å². The summed E-state index contributed by atoms with van der Waals surface area (Å²) in [6, 6.07) is 5.46. The second kappa shape index (κ2) is 3.37. The molecule has 0 fully saturated rings. The second-order valence-electron chi connectivity index (χ2n) is 2.20. The van der Waals surface area contributed by atoms with Crippen molar-refractivity contribution < 1.29 is 4.79 Å². The molecule has 1 aromatic carbocycles. The summed E-state index contributed by atoms with van der Waals surface area (Å²) >= 11 is 4.13. The van der Waals surface area contributed by atoms with Gasteiger partial charge in [-0.1, -0.05) is 6.07 Å². The summed E-state index contributed by atoms with van der Waals surface area (Å²) in [5.74, 6) is 0. The summed E-state index contributed by atoms with van der Waals surface area (Å²) in [6.07, 6.45) is 1.47. The molecule has 0 atom stereocenters. The van der Waals surface area contributed by atoms with Gasteiger partial charge in [0.25, 0.3) is 0 Å². The van der Waals surface area contributed by atoms with Crippen molar-refractivity contribution in [2.75, 3.05) is 0 Å². The van der Waals surface area contributed by atoms with E-state index in [1.54, 1.807) is 6.07 Å². The molecule has 0 spiro atoms. The second-order valence-corrected chi connectivity index (χ2v) is 2.68. The Hall–Kier alpha value is -1.05. The molecule has 1 rings (SSSR count). The molecular formula is C8H7NOS. The van der Waals surface area contributed by atoms with E-state index in [9.17, 15) is 4.79 Å². The van der Waals surface area contributed by atoms with Crippen molar-refractivity contribution in [3.63, 3.8) is 0 Å². The van der Waals surface area contributed by atoms with E-state index < -0.39 is 0 Å². The fraction of sp³-hybridized carbons (Fsp3) is 0.125. The van der Waals surface area contributed by atoms with Gasteiger partial charge in [-0.3, -0.25) is 0 Å². The summed E-state index contributed by atoms with van der Waals surface area (Å²) < 4.78 is 0. The zero-order valence-corrected chi connectivity index (χ0v) is 6.93. The normalized spacial score (nSPS) is 8.91. The Bertz CT molecular complexity index is 316. The lowest BCUT2D eigenvalue weighted by atomic mass is 10.2. The minimum absolute atomic E-state index is 0.564. The van der Waals surface area contributed by atoms with Crippen molar-refractivity contribution in [3.8, 4) is 0 Å². The van der Waals surface area contributed by atoms with Gasteiger partial charge in [-0.05, 0) is 24.6 Å². The topological polar surface area (TPSA) is 29.4 Å². The van der Waals surface area contributed by atoms with Crippen LogP contribution in [-0.4, -0.2) is 6.08 Å². The van der Waals surface area contributed by atoms with E-state index in [2.05, 4.69) is 17.6 Å². The third kappa shape index (κ3) is 1.93. The van der Waals surface area contributed by atoms with Crippen LogP contribution in [-0.2, 0) is 4.79 Å². The van der Waals surface area contributed by atoms with Gasteiger partial charge in [-0.15, -0.1) is 12.6 Å². The van der Waals surface area contributed by atoms with Gasteiger partial charge in [0.15, 0.2) is 0 Å². The first-order valence-electron chi connectivity index (χ1n) is 3.11. The lowest BCUT2D eigenvalue weighted by Crippen LogP contribution is -1.72. The summed E-state index contributed by atoms with van der Waals surface area (Å²) in [7, 11) is 0. The van der Waals surface area contributed by atoms with Crippen LogP contribution in [0.5, 0.6) is 0 Å². The lowest BCUT2D eigenvalue weighted by molar-refractivity contribution is 0.565. The van der Waals surface area contributed by atoms with Crippen molar-refractivity contribution in [3.05, 3.63) is 23.8 Å². The van der Waals surface area contributed by atoms with Gasteiger partial charge >= 0.3 is 0 Å². The van der Waals surface area contributed by atoms with E-state index >= 15 is 0 Å². The number of hydrogen-bond acceptors (Lipinski definition) is 3. The molecule has 0 aromatic heterocycles. The van der Waals surface area contributed by atoms with E-state index in [1.165, 1.54) is 6.08 Å². The predicted octanol–water partition coefficient (Wildman–Crippen LogP) is 2.25. The van der Waals surface area contributed by atoms with Gasteiger partial charge in [0.05, 0.1) is 5.69 Å². The smallest absolute Gasteiger partial charge is 0.211 e. The molecule has 0 radical (unpaired) electrons. The zero-order chi connectivity index (χ0) is 8.27. The van der Waals surface area contributed by atoms with Crippen molar-refractivity contribution in [2.45, 2.75) is 11.8 Å². The van der Waals surface area contributed by atoms with Gasteiger partial charge in [-0.2, -0.15) is 4.99 Å². The molecular weight excluding hydrogens is 158 g/mol. The maximum Gasteiger partial charge on any atom is 0.240 e. The van der Waals surface area contributed by atoms with Crippen LogP contribution >= 0.6 is 12.6 Å². The van der Waals surface area contributed by atoms with E-state index in [-0.39, 0.29) is 0 Å². The predicted molar refractivity (Wildman–Crippen MR) is 46.2 cm³/mol. The third-order valence-electron chi connectivity index (χ3n) is 1.30. The summed E-state index contributed by atoms with van der Waals surface area (Å²) in [6.45, 7) is 1.95. The Balaban J connectivity index is 3.19. The quantitative estimate of drug-likeness (QED) is 0.386. The highest BCUT2D eigenvalue weighted by atomic mass is 32.1. The maximum atomic E-state index is 9.89. The minimum Gasteiger partial charge on any atom is -0.211 e. The van der Waals surface area contributed by atoms with Crippen LogP contribution in [0.3, 0.4) is 0 Å². The Morgan fingerprint density at radius 3 is 2.82 bits per heavy atom. The molecule has 0 saturated heterocycles. The number of thiol groups is 1. The highest BCUT2D eigenvalue weighted by molar-refractivity contribution is 7.80. The van der Waals surface area contributed by atoms with Crippen molar-refractivity contribution in [2.24, 2.45) is 4.99 Å². The van der Waals surface area contributed by atoms with Gasteiger partial charge < -0.3 is 0 Å². The Morgan fingerprint density at radius 1 is 1.55 bits per heavy atom. The molecule has 0 aliphatic rings. The number of nitrogens with zero attached hydrogens (tertiary/aromatic N) is 1. The van der Waals surface area contributed by atoms with Crippen LogP contribution in [0.1, 0.15) is 5.56 Å².